The van der Waals surface area contributed by atoms with E-state index >= 15 is 0 Å². The number of aryl methyl sites for hydroxylation is 5. The van der Waals surface area contributed by atoms with Crippen LogP contribution in [-0.2, 0) is 19.9 Å². The van der Waals surface area contributed by atoms with Crippen molar-refractivity contribution >= 4 is 15.9 Å². The minimum absolute atomic E-state index is 0.978. The second-order valence-electron chi connectivity index (χ2n) is 4.52. The van der Waals surface area contributed by atoms with Gasteiger partial charge in [0, 0.05) is 7.05 Å². The molecule has 0 unspecified atom stereocenters. The Bertz CT molecular complexity index is 529. The molecule has 3 heteroatoms. The van der Waals surface area contributed by atoms with Gasteiger partial charge in [-0.15, -0.1) is 0 Å². The number of rotatable bonds is 3. The summed E-state index contributed by atoms with van der Waals surface area (Å²) in [6, 6.07) is 6.62. The average Bonchev–Trinajstić information content (AvgIpc) is 2.62. The van der Waals surface area contributed by atoms with E-state index in [2.05, 4.69) is 53.0 Å². The Kier molecular flexibility index (Phi) is 3.67. The maximum atomic E-state index is 4.40. The van der Waals surface area contributed by atoms with Crippen molar-refractivity contribution < 1.29 is 0 Å². The molecule has 1 aromatic carbocycles. The Morgan fingerprint density at radius 1 is 1.24 bits per heavy atom. The molecule has 1 aromatic heterocycles. The number of nitrogens with zero attached hydrogens (tertiary/aromatic N) is 2. The summed E-state index contributed by atoms with van der Waals surface area (Å²) in [7, 11) is 2.00. The predicted octanol–water partition coefficient (Wildman–Crippen LogP) is 3.58. The highest BCUT2D eigenvalue weighted by Gasteiger charge is 2.07. The van der Waals surface area contributed by atoms with Gasteiger partial charge in [-0.2, -0.15) is 0 Å². The fraction of sp³-hybridized carbons (Fsp3) is 0.357. The molecule has 0 fully saturated rings. The summed E-state index contributed by atoms with van der Waals surface area (Å²) >= 11 is 3.56. The topological polar surface area (TPSA) is 17.8 Å². The quantitative estimate of drug-likeness (QED) is 0.845. The number of benzene rings is 1. The molecule has 0 atom stereocenters. The normalized spacial score (nSPS) is 10.8. The molecule has 2 rings (SSSR count). The molecule has 0 spiro atoms. The van der Waals surface area contributed by atoms with Gasteiger partial charge in [-0.25, -0.2) is 4.98 Å². The van der Waals surface area contributed by atoms with E-state index in [1.165, 1.54) is 16.7 Å². The van der Waals surface area contributed by atoms with Gasteiger partial charge in [0.2, 0.25) is 0 Å². The van der Waals surface area contributed by atoms with Gasteiger partial charge in [-0.05, 0) is 53.7 Å². The van der Waals surface area contributed by atoms with Crippen molar-refractivity contribution in [3.63, 3.8) is 0 Å². The molecule has 2 nitrogen and oxygen atoms in total. The second kappa shape index (κ2) is 5.05. The molecule has 0 bridgehead atoms. The third-order valence-electron chi connectivity index (χ3n) is 3.07. The molecule has 90 valence electrons. The largest absolute Gasteiger partial charge is 0.328 e. The fourth-order valence-corrected chi connectivity index (χ4v) is 2.35. The van der Waals surface area contributed by atoms with Crippen LogP contribution < -0.4 is 0 Å². The number of aromatic nitrogens is 2. The van der Waals surface area contributed by atoms with Gasteiger partial charge >= 0.3 is 0 Å². The minimum Gasteiger partial charge on any atom is -0.328 e. The van der Waals surface area contributed by atoms with Gasteiger partial charge in [0.15, 0.2) is 0 Å². The lowest BCUT2D eigenvalue weighted by Gasteiger charge is -2.06. The van der Waals surface area contributed by atoms with Crippen LogP contribution in [0, 0.1) is 13.8 Å². The molecule has 0 aliphatic carbocycles. The molecular weight excluding hydrogens is 276 g/mol. The molecule has 0 amide bonds. The Hall–Kier alpha value is -1.09. The lowest BCUT2D eigenvalue weighted by molar-refractivity contribution is 0.874. The van der Waals surface area contributed by atoms with Crippen molar-refractivity contribution in [1.82, 2.24) is 9.55 Å². The zero-order valence-electron chi connectivity index (χ0n) is 10.5. The van der Waals surface area contributed by atoms with Crippen molar-refractivity contribution in [3.05, 3.63) is 51.5 Å². The number of halogens is 1. The third-order valence-corrected chi connectivity index (χ3v) is 4.09. The zero-order chi connectivity index (χ0) is 12.4. The van der Waals surface area contributed by atoms with Gasteiger partial charge in [-0.3, -0.25) is 0 Å². The molecule has 0 radical (unpaired) electrons. The van der Waals surface area contributed by atoms with E-state index in [-0.39, 0.29) is 0 Å². The van der Waals surface area contributed by atoms with Gasteiger partial charge in [0.1, 0.15) is 4.60 Å². The van der Waals surface area contributed by atoms with Crippen molar-refractivity contribution in [3.8, 4) is 0 Å². The van der Waals surface area contributed by atoms with Gasteiger partial charge in [0.25, 0.3) is 0 Å². The lowest BCUT2D eigenvalue weighted by Crippen LogP contribution is -1.96. The molecule has 0 aliphatic rings. The Balaban J connectivity index is 2.12. The van der Waals surface area contributed by atoms with Gasteiger partial charge in [0.05, 0.1) is 12.0 Å². The molecule has 1 heterocycles. The Morgan fingerprint density at radius 2 is 2.00 bits per heavy atom. The lowest BCUT2D eigenvalue weighted by atomic mass is 10.0. The summed E-state index contributed by atoms with van der Waals surface area (Å²) in [5.41, 5.74) is 5.24. The molecule has 0 aliphatic heterocycles. The molecular formula is C14H17BrN2. The maximum absolute atomic E-state index is 4.40. The molecule has 0 saturated heterocycles. The predicted molar refractivity (Wildman–Crippen MR) is 74.2 cm³/mol. The summed E-state index contributed by atoms with van der Waals surface area (Å²) in [6.45, 7) is 4.31. The Labute approximate surface area is 111 Å². The van der Waals surface area contributed by atoms with Crippen LogP contribution in [0.4, 0.5) is 0 Å². The summed E-state index contributed by atoms with van der Waals surface area (Å²) in [5.74, 6) is 0. The third kappa shape index (κ3) is 2.78. The van der Waals surface area contributed by atoms with Gasteiger partial charge in [-0.1, -0.05) is 23.8 Å². The van der Waals surface area contributed by atoms with Crippen LogP contribution in [-0.4, -0.2) is 9.55 Å². The first-order valence-electron chi connectivity index (χ1n) is 5.79. The monoisotopic (exact) mass is 292 g/mol. The summed E-state index contributed by atoms with van der Waals surface area (Å²) in [4.78, 5) is 4.40. The fourth-order valence-electron chi connectivity index (χ4n) is 1.95. The van der Waals surface area contributed by atoms with E-state index in [0.717, 1.165) is 23.1 Å². The highest BCUT2D eigenvalue weighted by molar-refractivity contribution is 9.10. The van der Waals surface area contributed by atoms with Crippen LogP contribution >= 0.6 is 15.9 Å². The first kappa shape index (κ1) is 12.4. The second-order valence-corrected chi connectivity index (χ2v) is 5.27. The van der Waals surface area contributed by atoms with Crippen molar-refractivity contribution in [2.45, 2.75) is 26.7 Å². The van der Waals surface area contributed by atoms with E-state index < -0.39 is 0 Å². The first-order chi connectivity index (χ1) is 8.08. The van der Waals surface area contributed by atoms with E-state index in [9.17, 15) is 0 Å². The van der Waals surface area contributed by atoms with Crippen LogP contribution in [0.15, 0.2) is 29.1 Å². The standard InChI is InChI=1S/C14H17BrN2/c1-10-4-5-11(2)12(8-10)6-7-13-14(15)17(3)9-16-13/h4-5,8-9H,6-7H2,1-3H3. The average molecular weight is 293 g/mol. The van der Waals surface area contributed by atoms with Gasteiger partial charge < -0.3 is 4.57 Å². The van der Waals surface area contributed by atoms with Crippen LogP contribution in [0.25, 0.3) is 0 Å². The van der Waals surface area contributed by atoms with E-state index in [1.54, 1.807) is 0 Å². The number of hydrogen-bond donors (Lipinski definition) is 0. The smallest absolute Gasteiger partial charge is 0.107 e. The SMILES string of the molecule is Cc1ccc(C)c(CCc2ncn(C)c2Br)c1. The van der Waals surface area contributed by atoms with Crippen LogP contribution in [0.3, 0.4) is 0 Å². The summed E-state index contributed by atoms with van der Waals surface area (Å²) in [5, 5.41) is 0. The van der Waals surface area contributed by atoms with Crippen LogP contribution in [0.5, 0.6) is 0 Å². The minimum atomic E-state index is 0.978. The van der Waals surface area contributed by atoms with Crippen LogP contribution in [0.1, 0.15) is 22.4 Å². The summed E-state index contributed by atoms with van der Waals surface area (Å²) < 4.78 is 3.08. The molecule has 0 N–H and O–H groups in total. The molecule has 0 saturated carbocycles. The summed E-state index contributed by atoms with van der Waals surface area (Å²) in [6.07, 6.45) is 3.87. The van der Waals surface area contributed by atoms with Crippen molar-refractivity contribution in [1.29, 1.82) is 0 Å². The van der Waals surface area contributed by atoms with E-state index in [1.807, 2.05) is 17.9 Å². The van der Waals surface area contributed by atoms with Crippen molar-refractivity contribution in [2.24, 2.45) is 7.05 Å². The number of hydrogen-bond acceptors (Lipinski definition) is 1. The highest BCUT2D eigenvalue weighted by atomic mass is 79.9. The Morgan fingerprint density at radius 3 is 2.65 bits per heavy atom. The van der Waals surface area contributed by atoms with Crippen molar-refractivity contribution in [2.75, 3.05) is 0 Å². The van der Waals surface area contributed by atoms with E-state index in [0.29, 0.717) is 0 Å². The highest BCUT2D eigenvalue weighted by Crippen LogP contribution is 2.18. The zero-order valence-corrected chi connectivity index (χ0v) is 12.1. The van der Waals surface area contributed by atoms with E-state index in [4.69, 9.17) is 0 Å². The molecule has 17 heavy (non-hydrogen) atoms. The first-order valence-corrected chi connectivity index (χ1v) is 6.59. The molecule has 2 aromatic rings. The number of imidazole rings is 1. The van der Waals surface area contributed by atoms with Crippen LogP contribution in [0.2, 0.25) is 0 Å². The maximum Gasteiger partial charge on any atom is 0.107 e.